The van der Waals surface area contributed by atoms with Crippen molar-refractivity contribution in [3.63, 3.8) is 0 Å². The standard InChI is InChI=1S/C39H51BrO5Si/c1-28(22-23-41)20-21-32(40)26-36(31(4)25-29(2)24-30(3)35-27-37(42)44-39(8,9)43-35)45-46(38(5,6)7,33-16-12-10-13-17-33)34-18-14-11-15-19-34/h10-22,24,26-27,29,31,36,41H,23,25H2,1-9H3/b21-20+,28-22+,30-24+,32-26-/t29-,31+,36-/m1/s1. The Balaban J connectivity index is 2.08. The first-order valence-electron chi connectivity index (χ1n) is 16.0. The van der Waals surface area contributed by atoms with E-state index in [0.717, 1.165) is 22.0 Å². The molecule has 0 saturated heterocycles. The van der Waals surface area contributed by atoms with Crippen LogP contribution < -0.4 is 10.4 Å². The molecule has 46 heavy (non-hydrogen) atoms. The van der Waals surface area contributed by atoms with E-state index in [2.05, 4.69) is 123 Å². The fourth-order valence-corrected chi connectivity index (χ4v) is 11.1. The van der Waals surface area contributed by atoms with E-state index in [9.17, 15) is 9.90 Å². The minimum absolute atomic E-state index is 0.000419. The van der Waals surface area contributed by atoms with Crippen molar-refractivity contribution in [2.45, 2.75) is 85.7 Å². The van der Waals surface area contributed by atoms with E-state index in [1.807, 2.05) is 26.0 Å². The van der Waals surface area contributed by atoms with E-state index in [1.54, 1.807) is 19.9 Å². The number of ether oxygens (including phenoxy) is 2. The maximum atomic E-state index is 12.2. The molecule has 0 unspecified atom stereocenters. The van der Waals surface area contributed by atoms with Gasteiger partial charge in [-0.3, -0.25) is 0 Å². The number of allylic oxidation sites excluding steroid dienone is 6. The Morgan fingerprint density at radius 2 is 1.52 bits per heavy atom. The molecule has 3 rings (SSSR count). The van der Waals surface area contributed by atoms with Crippen molar-refractivity contribution in [1.82, 2.24) is 0 Å². The molecule has 5 nitrogen and oxygen atoms in total. The van der Waals surface area contributed by atoms with Crippen molar-refractivity contribution in [3.05, 3.63) is 119 Å². The molecule has 0 amide bonds. The summed E-state index contributed by atoms with van der Waals surface area (Å²) in [5, 5.41) is 11.6. The Morgan fingerprint density at radius 1 is 0.957 bits per heavy atom. The molecule has 0 bridgehead atoms. The first kappa shape index (κ1) is 37.5. The molecule has 0 radical (unpaired) electrons. The second-order valence-electron chi connectivity index (χ2n) is 13.7. The van der Waals surface area contributed by atoms with Gasteiger partial charge in [0.1, 0.15) is 5.76 Å². The topological polar surface area (TPSA) is 65.0 Å². The van der Waals surface area contributed by atoms with E-state index >= 15 is 0 Å². The van der Waals surface area contributed by atoms with E-state index in [1.165, 1.54) is 16.4 Å². The molecule has 7 heteroatoms. The second-order valence-corrected chi connectivity index (χ2v) is 18.9. The fourth-order valence-electron chi connectivity index (χ4n) is 6.03. The monoisotopic (exact) mass is 706 g/mol. The number of rotatable bonds is 13. The summed E-state index contributed by atoms with van der Waals surface area (Å²) in [6.07, 6.45) is 12.1. The van der Waals surface area contributed by atoms with Gasteiger partial charge in [-0.25, -0.2) is 4.79 Å². The third kappa shape index (κ3) is 10.0. The Labute approximate surface area is 286 Å². The van der Waals surface area contributed by atoms with Gasteiger partial charge in [-0.1, -0.05) is 135 Å². The van der Waals surface area contributed by atoms with Crippen LogP contribution in [0.5, 0.6) is 0 Å². The lowest BCUT2D eigenvalue weighted by molar-refractivity contribution is -0.203. The quantitative estimate of drug-likeness (QED) is 0.129. The first-order chi connectivity index (χ1) is 21.6. The highest BCUT2D eigenvalue weighted by molar-refractivity contribution is 9.11. The van der Waals surface area contributed by atoms with Gasteiger partial charge < -0.3 is 19.0 Å². The Hall–Kier alpha value is -2.97. The fraction of sp³-hybridized carbons (Fsp3) is 0.410. The summed E-state index contributed by atoms with van der Waals surface area (Å²) in [5.74, 6) is -0.566. The number of esters is 1. The first-order valence-corrected chi connectivity index (χ1v) is 18.7. The van der Waals surface area contributed by atoms with Crippen molar-refractivity contribution >= 4 is 40.6 Å². The van der Waals surface area contributed by atoms with Gasteiger partial charge in [-0.2, -0.15) is 0 Å². The molecule has 0 aliphatic carbocycles. The summed E-state index contributed by atoms with van der Waals surface area (Å²) in [6.45, 7) is 18.7. The van der Waals surface area contributed by atoms with Crippen LogP contribution in [0.15, 0.2) is 119 Å². The van der Waals surface area contributed by atoms with Gasteiger partial charge in [0.2, 0.25) is 5.79 Å². The van der Waals surface area contributed by atoms with Crippen molar-refractivity contribution in [3.8, 4) is 0 Å². The average Bonchev–Trinajstić information content (AvgIpc) is 2.97. The molecule has 1 aliphatic rings. The van der Waals surface area contributed by atoms with Crippen LogP contribution in [-0.2, 0) is 18.7 Å². The summed E-state index contributed by atoms with van der Waals surface area (Å²) < 4.78 is 19.8. The SMILES string of the molecule is CC(/C=C/C(Br)=C/[C@@H](O[Si](c1ccccc1)(c1ccccc1)C(C)(C)C)[C@@H](C)C[C@H](C)/C=C(\C)C1=CC(=O)OC(C)(C)O1)=C\CO. The maximum absolute atomic E-state index is 12.2. The van der Waals surface area contributed by atoms with E-state index in [0.29, 0.717) is 5.76 Å². The number of aliphatic hydroxyl groups is 1. The van der Waals surface area contributed by atoms with Crippen LogP contribution in [0.2, 0.25) is 5.04 Å². The number of hydrogen-bond acceptors (Lipinski definition) is 5. The third-order valence-corrected chi connectivity index (χ3v) is 13.7. The molecule has 1 aliphatic heterocycles. The van der Waals surface area contributed by atoms with Gasteiger partial charge in [0.25, 0.3) is 8.32 Å². The normalized spacial score (nSPS) is 18.5. The van der Waals surface area contributed by atoms with Crippen LogP contribution in [0.3, 0.4) is 0 Å². The lowest BCUT2D eigenvalue weighted by Gasteiger charge is -2.46. The molecular formula is C39H51BrO5Si. The van der Waals surface area contributed by atoms with E-state index in [4.69, 9.17) is 13.9 Å². The molecule has 2 aromatic rings. The number of benzene rings is 2. The van der Waals surface area contributed by atoms with Crippen LogP contribution in [0.25, 0.3) is 0 Å². The third-order valence-electron chi connectivity index (χ3n) is 8.15. The second kappa shape index (κ2) is 16.2. The van der Waals surface area contributed by atoms with Gasteiger partial charge in [0.05, 0.1) is 18.8 Å². The van der Waals surface area contributed by atoms with Crippen LogP contribution >= 0.6 is 15.9 Å². The Bertz CT molecular complexity index is 1430. The molecular weight excluding hydrogens is 656 g/mol. The van der Waals surface area contributed by atoms with Crippen LogP contribution in [0, 0.1) is 11.8 Å². The Kier molecular flexibility index (Phi) is 13.2. The predicted octanol–water partition coefficient (Wildman–Crippen LogP) is 8.51. The van der Waals surface area contributed by atoms with Gasteiger partial charge in [-0.15, -0.1) is 0 Å². The summed E-state index contributed by atoms with van der Waals surface area (Å²) in [5.41, 5.74) is 1.88. The predicted molar refractivity (Wildman–Crippen MR) is 196 cm³/mol. The van der Waals surface area contributed by atoms with Crippen molar-refractivity contribution in [2.75, 3.05) is 6.61 Å². The number of aliphatic hydroxyl groups excluding tert-OH is 1. The molecule has 0 fully saturated rings. The number of halogens is 1. The van der Waals surface area contributed by atoms with Crippen LogP contribution in [-0.4, -0.2) is 37.9 Å². The molecule has 1 heterocycles. The number of carbonyl (C=O) groups is 1. The van der Waals surface area contributed by atoms with Gasteiger partial charge >= 0.3 is 5.97 Å². The highest BCUT2D eigenvalue weighted by Gasteiger charge is 2.51. The highest BCUT2D eigenvalue weighted by atomic mass is 79.9. The highest BCUT2D eigenvalue weighted by Crippen LogP contribution is 2.39. The molecule has 3 atom stereocenters. The molecule has 0 saturated carbocycles. The van der Waals surface area contributed by atoms with Crippen molar-refractivity contribution in [2.24, 2.45) is 11.8 Å². The molecule has 248 valence electrons. The largest absolute Gasteiger partial charge is 0.452 e. The van der Waals surface area contributed by atoms with Crippen molar-refractivity contribution < 1.29 is 23.8 Å². The lowest BCUT2D eigenvalue weighted by Crippen LogP contribution is -2.68. The molecule has 1 N–H and O–H groups in total. The van der Waals surface area contributed by atoms with Gasteiger partial charge in [-0.05, 0) is 65.2 Å². The lowest BCUT2D eigenvalue weighted by atomic mass is 9.91. The zero-order valence-corrected chi connectivity index (χ0v) is 31.4. The number of hydrogen-bond donors (Lipinski definition) is 1. The zero-order valence-electron chi connectivity index (χ0n) is 28.8. The smallest absolute Gasteiger partial charge is 0.337 e. The van der Waals surface area contributed by atoms with Crippen molar-refractivity contribution in [1.29, 1.82) is 0 Å². The van der Waals surface area contributed by atoms with Crippen LogP contribution in [0.1, 0.15) is 68.7 Å². The summed E-state index contributed by atoms with van der Waals surface area (Å²) >= 11 is 3.81. The number of cyclic esters (lactones) is 1. The van der Waals surface area contributed by atoms with E-state index in [-0.39, 0.29) is 29.6 Å². The minimum Gasteiger partial charge on any atom is -0.452 e. The molecule has 0 aromatic heterocycles. The van der Waals surface area contributed by atoms with Crippen LogP contribution in [0.4, 0.5) is 0 Å². The summed E-state index contributed by atoms with van der Waals surface area (Å²) in [4.78, 5) is 12.2. The molecule has 2 aromatic carbocycles. The minimum atomic E-state index is -2.86. The zero-order chi connectivity index (χ0) is 34.1. The maximum Gasteiger partial charge on any atom is 0.337 e. The summed E-state index contributed by atoms with van der Waals surface area (Å²) in [6, 6.07) is 21.4. The molecule has 0 spiro atoms. The summed E-state index contributed by atoms with van der Waals surface area (Å²) in [7, 11) is -2.86. The Morgan fingerprint density at radius 3 is 2.02 bits per heavy atom. The van der Waals surface area contributed by atoms with E-state index < -0.39 is 20.1 Å². The average molecular weight is 708 g/mol. The van der Waals surface area contributed by atoms with Gasteiger partial charge in [0.15, 0.2) is 0 Å². The van der Waals surface area contributed by atoms with Gasteiger partial charge in [0, 0.05) is 18.3 Å². The number of carbonyl (C=O) groups excluding carboxylic acids is 1.